The highest BCUT2D eigenvalue weighted by Crippen LogP contribution is 2.26. The van der Waals surface area contributed by atoms with Crippen molar-refractivity contribution in [1.29, 1.82) is 0 Å². The third kappa shape index (κ3) is 3.22. The minimum absolute atomic E-state index is 0.0754. The summed E-state index contributed by atoms with van der Waals surface area (Å²) in [7, 11) is -2.51. The van der Waals surface area contributed by atoms with Gasteiger partial charge in [-0.1, -0.05) is 29.8 Å². The highest BCUT2D eigenvalue weighted by Gasteiger charge is 2.19. The maximum Gasteiger partial charge on any atom is 0.280 e. The molecule has 1 aromatic heterocycles. The Labute approximate surface area is 144 Å². The van der Waals surface area contributed by atoms with Crippen LogP contribution in [0.5, 0.6) is 5.75 Å². The van der Waals surface area contributed by atoms with Crippen LogP contribution in [0.15, 0.2) is 58.7 Å². The van der Waals surface area contributed by atoms with Crippen molar-refractivity contribution in [3.63, 3.8) is 0 Å². The van der Waals surface area contributed by atoms with Gasteiger partial charge in [0.2, 0.25) is 0 Å². The van der Waals surface area contributed by atoms with E-state index in [1.807, 2.05) is 24.3 Å². The molecule has 1 heterocycles. The van der Waals surface area contributed by atoms with E-state index in [1.54, 1.807) is 12.3 Å². The van der Waals surface area contributed by atoms with Gasteiger partial charge in [-0.3, -0.25) is 0 Å². The molecular formula is C16H14ClN3O3S. The van der Waals surface area contributed by atoms with Crippen LogP contribution in [0.4, 0.5) is 0 Å². The van der Waals surface area contributed by atoms with E-state index in [9.17, 15) is 8.42 Å². The number of hydrogen-bond acceptors (Lipinski definition) is 4. The number of nitrogens with one attached hydrogen (secondary N) is 2. The zero-order valence-electron chi connectivity index (χ0n) is 12.7. The van der Waals surface area contributed by atoms with Crippen molar-refractivity contribution in [3.05, 3.63) is 59.2 Å². The lowest BCUT2D eigenvalue weighted by atomic mass is 10.2. The van der Waals surface area contributed by atoms with Crippen molar-refractivity contribution >= 4 is 38.7 Å². The number of hydrazone groups is 1. The second-order valence-electron chi connectivity index (χ2n) is 4.94. The van der Waals surface area contributed by atoms with Gasteiger partial charge in [0, 0.05) is 27.7 Å². The highest BCUT2D eigenvalue weighted by atomic mass is 35.5. The molecule has 0 aliphatic rings. The lowest BCUT2D eigenvalue weighted by Gasteiger charge is -2.09. The first-order valence-electron chi connectivity index (χ1n) is 6.96. The van der Waals surface area contributed by atoms with E-state index < -0.39 is 10.0 Å². The van der Waals surface area contributed by atoms with Crippen LogP contribution in [-0.4, -0.2) is 26.7 Å². The zero-order valence-corrected chi connectivity index (χ0v) is 14.2. The Kier molecular flexibility index (Phi) is 4.46. The third-order valence-electron chi connectivity index (χ3n) is 3.41. The molecule has 24 heavy (non-hydrogen) atoms. The number of halogens is 1. The molecular weight excluding hydrogens is 350 g/mol. The molecule has 0 atom stereocenters. The van der Waals surface area contributed by atoms with E-state index in [-0.39, 0.29) is 15.7 Å². The molecule has 0 amide bonds. The summed E-state index contributed by atoms with van der Waals surface area (Å²) in [4.78, 5) is 5.18. The van der Waals surface area contributed by atoms with Crippen molar-refractivity contribution in [2.45, 2.75) is 4.90 Å². The molecule has 0 aliphatic carbocycles. The summed E-state index contributed by atoms with van der Waals surface area (Å²) in [5.74, 6) is 0.189. The SMILES string of the molecule is COc1ccc(Cl)cc1S(=O)(=O)N/N=C/c1c[nH]c2ccccc12. The van der Waals surface area contributed by atoms with Crippen LogP contribution in [0, 0.1) is 0 Å². The maximum absolute atomic E-state index is 12.4. The van der Waals surface area contributed by atoms with Crippen LogP contribution in [0.25, 0.3) is 10.9 Å². The van der Waals surface area contributed by atoms with Crippen molar-refractivity contribution in [2.75, 3.05) is 7.11 Å². The number of methoxy groups -OCH3 is 1. The van der Waals surface area contributed by atoms with Gasteiger partial charge >= 0.3 is 0 Å². The van der Waals surface area contributed by atoms with Gasteiger partial charge in [-0.05, 0) is 24.3 Å². The van der Waals surface area contributed by atoms with Crippen LogP contribution < -0.4 is 9.57 Å². The Hall–Kier alpha value is -2.51. The topological polar surface area (TPSA) is 83.6 Å². The summed E-state index contributed by atoms with van der Waals surface area (Å²) in [5.41, 5.74) is 1.71. The average molecular weight is 364 g/mol. The number of H-pyrrole nitrogens is 1. The molecule has 0 spiro atoms. The molecule has 0 radical (unpaired) electrons. The smallest absolute Gasteiger partial charge is 0.280 e. The maximum atomic E-state index is 12.4. The van der Waals surface area contributed by atoms with Gasteiger partial charge in [-0.15, -0.1) is 0 Å². The minimum Gasteiger partial charge on any atom is -0.495 e. The molecule has 0 saturated carbocycles. The van der Waals surface area contributed by atoms with E-state index >= 15 is 0 Å². The standard InChI is InChI=1S/C16H14ClN3O3S/c1-23-15-7-6-12(17)8-16(15)24(21,22)20-19-10-11-9-18-14-5-3-2-4-13(11)14/h2-10,18,20H,1H3/b19-10+. The largest absolute Gasteiger partial charge is 0.495 e. The Morgan fingerprint density at radius 1 is 1.25 bits per heavy atom. The van der Waals surface area contributed by atoms with E-state index in [1.165, 1.54) is 25.5 Å². The molecule has 2 N–H and O–H groups in total. The summed E-state index contributed by atoms with van der Waals surface area (Å²) >= 11 is 5.87. The summed E-state index contributed by atoms with van der Waals surface area (Å²) in [6, 6.07) is 12.0. The Morgan fingerprint density at radius 3 is 2.83 bits per heavy atom. The van der Waals surface area contributed by atoms with E-state index in [4.69, 9.17) is 16.3 Å². The fraction of sp³-hybridized carbons (Fsp3) is 0.0625. The van der Waals surface area contributed by atoms with E-state index in [2.05, 4.69) is 14.9 Å². The predicted octanol–water partition coefficient (Wildman–Crippen LogP) is 3.14. The molecule has 2 aromatic carbocycles. The normalized spacial score (nSPS) is 11.9. The molecule has 0 saturated heterocycles. The van der Waals surface area contributed by atoms with Crippen molar-refractivity contribution in [1.82, 2.24) is 9.82 Å². The monoisotopic (exact) mass is 363 g/mol. The lowest BCUT2D eigenvalue weighted by Crippen LogP contribution is -2.19. The molecule has 124 valence electrons. The van der Waals surface area contributed by atoms with Gasteiger partial charge in [-0.2, -0.15) is 18.4 Å². The van der Waals surface area contributed by atoms with Gasteiger partial charge in [0.1, 0.15) is 10.6 Å². The second-order valence-corrected chi connectivity index (χ2v) is 7.00. The summed E-state index contributed by atoms with van der Waals surface area (Å²) in [6.45, 7) is 0. The number of para-hydroxylation sites is 1. The number of ether oxygens (including phenoxy) is 1. The van der Waals surface area contributed by atoms with E-state index in [0.717, 1.165) is 16.5 Å². The van der Waals surface area contributed by atoms with Crippen LogP contribution in [-0.2, 0) is 10.0 Å². The number of nitrogens with zero attached hydrogens (tertiary/aromatic N) is 1. The minimum atomic E-state index is -3.90. The summed E-state index contributed by atoms with van der Waals surface area (Å²) in [6.07, 6.45) is 3.19. The van der Waals surface area contributed by atoms with Gasteiger partial charge in [0.05, 0.1) is 13.3 Å². The van der Waals surface area contributed by atoms with Crippen LogP contribution in [0.1, 0.15) is 5.56 Å². The Balaban J connectivity index is 1.87. The lowest BCUT2D eigenvalue weighted by molar-refractivity contribution is 0.402. The number of aromatic amines is 1. The van der Waals surface area contributed by atoms with Crippen molar-refractivity contribution in [2.24, 2.45) is 5.10 Å². The van der Waals surface area contributed by atoms with Gasteiger partial charge in [0.25, 0.3) is 10.0 Å². The summed E-state index contributed by atoms with van der Waals surface area (Å²) < 4.78 is 29.8. The average Bonchev–Trinajstić information content (AvgIpc) is 2.98. The molecule has 3 aromatic rings. The Bertz CT molecular complexity index is 1010. The summed E-state index contributed by atoms with van der Waals surface area (Å²) in [5, 5.41) is 5.07. The number of aromatic nitrogens is 1. The zero-order chi connectivity index (χ0) is 17.2. The Morgan fingerprint density at radius 2 is 2.04 bits per heavy atom. The van der Waals surface area contributed by atoms with E-state index in [0.29, 0.717) is 0 Å². The number of rotatable bonds is 5. The molecule has 6 nitrogen and oxygen atoms in total. The number of benzene rings is 2. The predicted molar refractivity (Wildman–Crippen MR) is 94.2 cm³/mol. The molecule has 0 unspecified atom stereocenters. The molecule has 8 heteroatoms. The molecule has 0 fully saturated rings. The number of hydrogen-bond donors (Lipinski definition) is 2. The molecule has 3 rings (SSSR count). The number of sulfonamides is 1. The number of fused-ring (bicyclic) bond motifs is 1. The molecule has 0 bridgehead atoms. The fourth-order valence-electron chi connectivity index (χ4n) is 2.28. The first kappa shape index (κ1) is 16.4. The van der Waals surface area contributed by atoms with Crippen LogP contribution in [0.3, 0.4) is 0 Å². The third-order valence-corrected chi connectivity index (χ3v) is 4.89. The van der Waals surface area contributed by atoms with Crippen molar-refractivity contribution in [3.8, 4) is 5.75 Å². The van der Waals surface area contributed by atoms with Crippen molar-refractivity contribution < 1.29 is 13.2 Å². The quantitative estimate of drug-likeness (QED) is 0.539. The first-order chi connectivity index (χ1) is 11.5. The van der Waals surface area contributed by atoms with Gasteiger partial charge in [0.15, 0.2) is 0 Å². The molecule has 0 aliphatic heterocycles. The highest BCUT2D eigenvalue weighted by molar-refractivity contribution is 7.89. The fourth-order valence-corrected chi connectivity index (χ4v) is 3.50. The van der Waals surface area contributed by atoms with Crippen LogP contribution >= 0.6 is 11.6 Å². The second kappa shape index (κ2) is 6.54. The van der Waals surface area contributed by atoms with Gasteiger partial charge < -0.3 is 9.72 Å². The van der Waals surface area contributed by atoms with Crippen LogP contribution in [0.2, 0.25) is 5.02 Å². The van der Waals surface area contributed by atoms with Gasteiger partial charge in [-0.25, -0.2) is 0 Å². The first-order valence-corrected chi connectivity index (χ1v) is 8.82.